The second-order valence-electron chi connectivity index (χ2n) is 8.24. The van der Waals surface area contributed by atoms with Gasteiger partial charge in [-0.15, -0.1) is 12.6 Å². The number of rotatable bonds is 6. The zero-order valence-corrected chi connectivity index (χ0v) is 21.0. The highest BCUT2D eigenvalue weighted by atomic mass is 32.1. The highest BCUT2D eigenvalue weighted by Crippen LogP contribution is 2.30. The molecule has 0 saturated heterocycles. The molecule has 176 valence electrons. The number of para-hydroxylation sites is 3. The maximum Gasteiger partial charge on any atom is 0.235 e. The Bertz CT molecular complexity index is 1070. The van der Waals surface area contributed by atoms with Gasteiger partial charge in [-0.1, -0.05) is 54.6 Å². The summed E-state index contributed by atoms with van der Waals surface area (Å²) in [5.74, 6) is 1.18. The average molecular weight is 473 g/mol. The normalized spacial score (nSPS) is 10.6. The van der Waals surface area contributed by atoms with Crippen molar-refractivity contribution in [1.29, 1.82) is 0 Å². The van der Waals surface area contributed by atoms with Crippen LogP contribution in [0.25, 0.3) is 0 Å². The van der Waals surface area contributed by atoms with Crippen LogP contribution >= 0.6 is 12.6 Å². The second-order valence-corrected chi connectivity index (χ2v) is 8.64. The van der Waals surface area contributed by atoms with Crippen LogP contribution in [0.1, 0.15) is 27.7 Å². The third-order valence-corrected chi connectivity index (χ3v) is 5.13. The molecule has 34 heavy (non-hydrogen) atoms. The van der Waals surface area contributed by atoms with E-state index in [1.807, 2.05) is 66.7 Å². The summed E-state index contributed by atoms with van der Waals surface area (Å²) >= 11 is 4.46. The molecular weight excluding hydrogens is 440 g/mol. The minimum Gasteiger partial charge on any atom is -0.399 e. The first-order chi connectivity index (χ1) is 16.4. The summed E-state index contributed by atoms with van der Waals surface area (Å²) < 4.78 is 0. The Kier molecular flexibility index (Phi) is 8.87. The Hall–Kier alpha value is -3.58. The van der Waals surface area contributed by atoms with Gasteiger partial charge in [-0.2, -0.15) is 15.0 Å². The van der Waals surface area contributed by atoms with E-state index in [0.717, 1.165) is 17.1 Å². The molecule has 0 aliphatic carbocycles. The lowest BCUT2D eigenvalue weighted by molar-refractivity contribution is 0.715. The number of thiol groups is 1. The molecule has 0 amide bonds. The Labute approximate surface area is 207 Å². The van der Waals surface area contributed by atoms with E-state index in [9.17, 15) is 0 Å². The minimum absolute atomic E-state index is 0.180. The Balaban J connectivity index is 0.000000396. The molecule has 0 atom stereocenters. The largest absolute Gasteiger partial charge is 0.399 e. The molecule has 0 radical (unpaired) electrons. The second kappa shape index (κ2) is 12.0. The summed E-state index contributed by atoms with van der Waals surface area (Å²) in [6.45, 7) is 8.47. The summed E-state index contributed by atoms with van der Waals surface area (Å²) in [5, 5.41) is 0.401. The van der Waals surface area contributed by atoms with Gasteiger partial charge in [0.05, 0.1) is 0 Å². The molecule has 0 aliphatic heterocycles. The molecule has 0 saturated carbocycles. The molecular formula is C27H32N6S. The third-order valence-electron chi connectivity index (χ3n) is 4.93. The van der Waals surface area contributed by atoms with Crippen LogP contribution in [-0.4, -0.2) is 27.0 Å². The van der Waals surface area contributed by atoms with E-state index in [1.165, 1.54) is 0 Å². The van der Waals surface area contributed by atoms with Gasteiger partial charge in [0.2, 0.25) is 11.9 Å². The van der Waals surface area contributed by atoms with Crippen molar-refractivity contribution < 1.29 is 0 Å². The Morgan fingerprint density at radius 3 is 1.24 bits per heavy atom. The van der Waals surface area contributed by atoms with Gasteiger partial charge in [-0.25, -0.2) is 0 Å². The number of nitrogen functional groups attached to an aromatic ring is 1. The zero-order chi connectivity index (χ0) is 24.5. The molecule has 0 fully saturated rings. The summed E-state index contributed by atoms with van der Waals surface area (Å²) in [7, 11) is 0. The maximum atomic E-state index is 5.36. The van der Waals surface area contributed by atoms with Crippen LogP contribution in [0.5, 0.6) is 0 Å². The maximum absolute atomic E-state index is 5.36. The molecule has 0 bridgehead atoms. The molecule has 4 rings (SSSR count). The van der Waals surface area contributed by atoms with E-state index in [4.69, 9.17) is 10.7 Å². The Morgan fingerprint density at radius 1 is 0.588 bits per heavy atom. The summed E-state index contributed by atoms with van der Waals surface area (Å²) in [5.41, 5.74) is 8.25. The van der Waals surface area contributed by atoms with E-state index in [2.05, 4.69) is 84.4 Å². The van der Waals surface area contributed by atoms with E-state index >= 15 is 0 Å². The van der Waals surface area contributed by atoms with Gasteiger partial charge in [0.15, 0.2) is 5.16 Å². The molecule has 6 nitrogen and oxygen atoms in total. The van der Waals surface area contributed by atoms with Gasteiger partial charge >= 0.3 is 0 Å². The number of nitrogens with zero attached hydrogens (tertiary/aromatic N) is 5. The molecule has 1 aromatic heterocycles. The lowest BCUT2D eigenvalue weighted by atomic mass is 10.2. The molecule has 0 unspecified atom stereocenters. The van der Waals surface area contributed by atoms with Crippen molar-refractivity contribution in [3.63, 3.8) is 0 Å². The number of aromatic nitrogens is 3. The lowest BCUT2D eigenvalue weighted by Crippen LogP contribution is -2.31. The highest BCUT2D eigenvalue weighted by Gasteiger charge is 2.22. The highest BCUT2D eigenvalue weighted by molar-refractivity contribution is 7.80. The smallest absolute Gasteiger partial charge is 0.235 e. The molecule has 1 heterocycles. The summed E-state index contributed by atoms with van der Waals surface area (Å²) in [6.07, 6.45) is 0. The van der Waals surface area contributed by atoms with Gasteiger partial charge in [0, 0.05) is 29.1 Å². The van der Waals surface area contributed by atoms with E-state index in [-0.39, 0.29) is 12.1 Å². The number of nitrogens with two attached hydrogens (primary N) is 1. The number of benzene rings is 3. The van der Waals surface area contributed by atoms with Crippen molar-refractivity contribution in [3.05, 3.63) is 91.0 Å². The van der Waals surface area contributed by atoms with Gasteiger partial charge in [-0.3, -0.25) is 0 Å². The lowest BCUT2D eigenvalue weighted by Gasteiger charge is -2.30. The van der Waals surface area contributed by atoms with E-state index in [1.54, 1.807) is 0 Å². The quantitative estimate of drug-likeness (QED) is 0.246. The third kappa shape index (κ3) is 6.71. The number of hydrogen-bond donors (Lipinski definition) is 2. The van der Waals surface area contributed by atoms with Crippen LogP contribution in [0.2, 0.25) is 0 Å². The van der Waals surface area contributed by atoms with Crippen molar-refractivity contribution in [2.45, 2.75) is 44.9 Å². The summed E-state index contributed by atoms with van der Waals surface area (Å²) in [6, 6.07) is 30.1. The van der Waals surface area contributed by atoms with Crippen molar-refractivity contribution >= 4 is 41.6 Å². The van der Waals surface area contributed by atoms with Crippen molar-refractivity contribution in [1.82, 2.24) is 15.0 Å². The van der Waals surface area contributed by atoms with Crippen LogP contribution in [-0.2, 0) is 0 Å². The molecule has 2 N–H and O–H groups in total. The SMILES string of the molecule is CC(C)N(c1ccccc1)c1nc(S)nc(N(c2ccccc2)C(C)C)n1.Nc1ccccc1. The first-order valence-corrected chi connectivity index (χ1v) is 11.8. The Morgan fingerprint density at radius 2 is 0.941 bits per heavy atom. The fraction of sp³-hybridized carbons (Fsp3) is 0.222. The van der Waals surface area contributed by atoms with Crippen LogP contribution in [0.3, 0.4) is 0 Å². The predicted octanol–water partition coefficient (Wildman–Crippen LogP) is 6.52. The zero-order valence-electron chi connectivity index (χ0n) is 20.1. The van der Waals surface area contributed by atoms with Crippen LogP contribution in [0, 0.1) is 0 Å². The number of anilines is 5. The number of hydrogen-bond acceptors (Lipinski definition) is 7. The van der Waals surface area contributed by atoms with E-state index in [0.29, 0.717) is 17.1 Å². The molecule has 4 aromatic rings. The molecule has 0 aliphatic rings. The van der Waals surface area contributed by atoms with Crippen LogP contribution in [0.4, 0.5) is 29.0 Å². The monoisotopic (exact) mass is 472 g/mol. The van der Waals surface area contributed by atoms with Crippen molar-refractivity contribution in [2.24, 2.45) is 0 Å². The van der Waals surface area contributed by atoms with E-state index < -0.39 is 0 Å². The standard InChI is InChI=1S/C21H25N5S.C6H7N/c1-15(2)25(17-11-7-5-8-12-17)19-22-20(24-21(27)23-19)26(16(3)4)18-13-9-6-10-14-18;7-6-4-2-1-3-5-6/h5-16H,1-4H3,(H,22,23,24,27);1-5H,7H2. The fourth-order valence-electron chi connectivity index (χ4n) is 3.48. The van der Waals surface area contributed by atoms with Gasteiger partial charge in [-0.05, 0) is 64.1 Å². The molecule has 7 heteroatoms. The predicted molar refractivity (Wildman–Crippen MR) is 145 cm³/mol. The van der Waals surface area contributed by atoms with Crippen molar-refractivity contribution in [2.75, 3.05) is 15.5 Å². The topological polar surface area (TPSA) is 71.2 Å². The average Bonchev–Trinajstić information content (AvgIpc) is 2.81. The molecule has 3 aromatic carbocycles. The van der Waals surface area contributed by atoms with Crippen LogP contribution in [0.15, 0.2) is 96.2 Å². The molecule has 0 spiro atoms. The van der Waals surface area contributed by atoms with Gasteiger partial charge in [0.1, 0.15) is 0 Å². The van der Waals surface area contributed by atoms with Gasteiger partial charge < -0.3 is 15.5 Å². The van der Waals surface area contributed by atoms with Crippen LogP contribution < -0.4 is 15.5 Å². The minimum atomic E-state index is 0.180. The van der Waals surface area contributed by atoms with Gasteiger partial charge in [0.25, 0.3) is 0 Å². The summed E-state index contributed by atoms with van der Waals surface area (Å²) in [4.78, 5) is 18.0. The first kappa shape index (κ1) is 25.1. The first-order valence-electron chi connectivity index (χ1n) is 11.3. The van der Waals surface area contributed by atoms with Crippen molar-refractivity contribution in [3.8, 4) is 0 Å². The fourth-order valence-corrected chi connectivity index (χ4v) is 3.66.